The average molecular weight is 608 g/mol. The first-order valence-electron chi connectivity index (χ1n) is 13.7. The molecule has 2 aromatic heterocycles. The molecule has 1 saturated carbocycles. The molecule has 2 aliphatic heterocycles. The van der Waals surface area contributed by atoms with E-state index in [2.05, 4.69) is 10.2 Å². The summed E-state index contributed by atoms with van der Waals surface area (Å²) in [6.45, 7) is 0.717. The predicted octanol–water partition coefficient (Wildman–Crippen LogP) is 6.57. The number of halogens is 3. The number of amides is 1. The van der Waals surface area contributed by atoms with Crippen LogP contribution in [0, 0.1) is 11.7 Å². The molecule has 4 heterocycles. The summed E-state index contributed by atoms with van der Waals surface area (Å²) in [6, 6.07) is 13.8. The molecule has 0 unspecified atom stereocenters. The van der Waals surface area contributed by atoms with E-state index in [0.717, 1.165) is 29.8 Å². The molecule has 2 fully saturated rings. The third-order valence-corrected chi connectivity index (χ3v) is 9.95. The standard InChI is InChI=1S/C31H25Cl2FN4O3.CH4/c1-41-29(39)16-9-10-37-23-13-22-25(28(23)36-24(37)11-16)26(18-3-2-4-20(33)27(18)34)31(38(22)14-15-5-6-15)19-8-7-17(32)12-21(19)35-30(31)40;/h2-4,7-12,15,22,25-26H,5-6,13-14H2,1H3,(H,35,40);1H4/t22-,25+,26-,31+;/m0./s1. The van der Waals surface area contributed by atoms with Crippen LogP contribution in [0.1, 0.15) is 65.0 Å². The molecule has 4 aromatic rings. The van der Waals surface area contributed by atoms with Gasteiger partial charge in [-0.3, -0.25) is 9.69 Å². The van der Waals surface area contributed by atoms with Crippen molar-refractivity contribution >= 4 is 46.4 Å². The molecule has 1 amide bonds. The lowest BCUT2D eigenvalue weighted by molar-refractivity contribution is -0.128. The van der Waals surface area contributed by atoms with Gasteiger partial charge >= 0.3 is 5.97 Å². The predicted molar refractivity (Wildman–Crippen MR) is 159 cm³/mol. The highest BCUT2D eigenvalue weighted by Gasteiger charge is 2.69. The first-order valence-corrected chi connectivity index (χ1v) is 14.5. The van der Waals surface area contributed by atoms with Gasteiger partial charge in [-0.1, -0.05) is 48.8 Å². The van der Waals surface area contributed by atoms with Crippen molar-refractivity contribution in [3.8, 4) is 0 Å². The van der Waals surface area contributed by atoms with Crippen LogP contribution in [0.2, 0.25) is 10.0 Å². The van der Waals surface area contributed by atoms with Crippen LogP contribution in [0.4, 0.5) is 10.1 Å². The molecule has 0 bridgehead atoms. The fraction of sp³-hybridized carbons (Fsp3) is 0.344. The molecule has 1 spiro atoms. The van der Waals surface area contributed by atoms with Crippen molar-refractivity contribution in [2.45, 2.75) is 50.1 Å². The van der Waals surface area contributed by atoms with Gasteiger partial charge in [0.2, 0.25) is 5.91 Å². The zero-order valence-corrected chi connectivity index (χ0v) is 23.5. The monoisotopic (exact) mass is 606 g/mol. The van der Waals surface area contributed by atoms with E-state index in [1.807, 2.05) is 16.7 Å². The van der Waals surface area contributed by atoms with E-state index >= 15 is 4.39 Å². The number of carbonyl (C=O) groups excluding carboxylic acids is 2. The fourth-order valence-electron chi connectivity index (χ4n) is 7.64. The maximum atomic E-state index is 16.1. The molecule has 1 N–H and O–H groups in total. The summed E-state index contributed by atoms with van der Waals surface area (Å²) >= 11 is 12.7. The van der Waals surface area contributed by atoms with E-state index in [1.165, 1.54) is 13.2 Å². The average Bonchev–Trinajstić information content (AvgIpc) is 3.41. The number of aromatic nitrogens is 2. The third kappa shape index (κ3) is 3.58. The molecule has 4 atom stereocenters. The van der Waals surface area contributed by atoms with Crippen molar-refractivity contribution in [3.63, 3.8) is 0 Å². The lowest BCUT2D eigenvalue weighted by atomic mass is 9.71. The van der Waals surface area contributed by atoms with Crippen molar-refractivity contribution in [2.75, 3.05) is 19.0 Å². The number of nitrogens with zero attached hydrogens (tertiary/aromatic N) is 3. The zero-order chi connectivity index (χ0) is 28.2. The summed E-state index contributed by atoms with van der Waals surface area (Å²) in [5.74, 6) is -1.60. The quantitative estimate of drug-likeness (QED) is 0.266. The van der Waals surface area contributed by atoms with Gasteiger partial charge in [0.25, 0.3) is 0 Å². The normalized spacial score (nSPS) is 25.7. The van der Waals surface area contributed by atoms with Crippen LogP contribution in [0.15, 0.2) is 54.7 Å². The first-order chi connectivity index (χ1) is 19.8. The Morgan fingerprint density at radius 1 is 1.19 bits per heavy atom. The van der Waals surface area contributed by atoms with E-state index in [1.54, 1.807) is 36.4 Å². The van der Waals surface area contributed by atoms with Gasteiger partial charge < -0.3 is 14.5 Å². The number of fused-ring (bicyclic) bond motifs is 7. The summed E-state index contributed by atoms with van der Waals surface area (Å²) in [6.07, 6.45) is 4.66. The number of hydrogen-bond acceptors (Lipinski definition) is 5. The molecular weight excluding hydrogens is 578 g/mol. The van der Waals surface area contributed by atoms with Gasteiger partial charge in [0.1, 0.15) is 17.0 Å². The Morgan fingerprint density at radius 3 is 2.76 bits per heavy atom. The topological polar surface area (TPSA) is 75.9 Å². The highest BCUT2D eigenvalue weighted by molar-refractivity contribution is 6.31. The zero-order valence-electron chi connectivity index (χ0n) is 22.0. The van der Waals surface area contributed by atoms with Crippen LogP contribution in [0.3, 0.4) is 0 Å². The number of nitrogens with one attached hydrogen (secondary N) is 1. The summed E-state index contributed by atoms with van der Waals surface area (Å²) in [4.78, 5) is 34.0. The van der Waals surface area contributed by atoms with Crippen molar-refractivity contribution < 1.29 is 18.7 Å². The number of methoxy groups -OCH3 is 1. The summed E-state index contributed by atoms with van der Waals surface area (Å²) < 4.78 is 23.0. The number of hydrogen-bond donors (Lipinski definition) is 1. The minimum absolute atomic E-state index is 0. The number of benzene rings is 2. The van der Waals surface area contributed by atoms with Gasteiger partial charge in [-0.05, 0) is 54.7 Å². The number of rotatable bonds is 4. The van der Waals surface area contributed by atoms with Crippen LogP contribution in [0.25, 0.3) is 5.65 Å². The number of pyridine rings is 1. The van der Waals surface area contributed by atoms with E-state index < -0.39 is 23.2 Å². The number of ether oxygens (including phenoxy) is 1. The minimum atomic E-state index is -1.17. The fourth-order valence-corrected chi connectivity index (χ4v) is 8.00. The second kappa shape index (κ2) is 9.53. The SMILES string of the molecule is C.COC(=O)c1ccn2c3c(nc2c1)[C@@H]1[C@H](C3)N(CC2CC2)[C@@]2(C(=O)Nc3cc(Cl)ccc32)[C@H]1c1cccc(Cl)c1F. The van der Waals surface area contributed by atoms with Gasteiger partial charge in [0, 0.05) is 59.0 Å². The Balaban J connectivity index is 0.00000288. The third-order valence-electron chi connectivity index (χ3n) is 9.43. The lowest BCUT2D eigenvalue weighted by Crippen LogP contribution is -2.53. The van der Waals surface area contributed by atoms with E-state index in [0.29, 0.717) is 46.4 Å². The van der Waals surface area contributed by atoms with Gasteiger partial charge in [-0.25, -0.2) is 14.2 Å². The molecular formula is C32H29Cl2FN4O3. The molecule has 8 rings (SSSR count). The molecule has 1 saturated heterocycles. The van der Waals surface area contributed by atoms with Crippen LogP contribution in [0.5, 0.6) is 0 Å². The van der Waals surface area contributed by atoms with E-state index in [-0.39, 0.29) is 30.3 Å². The summed E-state index contributed by atoms with van der Waals surface area (Å²) in [5, 5.41) is 3.63. The van der Waals surface area contributed by atoms with Crippen molar-refractivity contribution in [2.24, 2.45) is 5.92 Å². The maximum absolute atomic E-state index is 16.1. The summed E-state index contributed by atoms with van der Waals surface area (Å²) in [7, 11) is 1.34. The van der Waals surface area contributed by atoms with Crippen LogP contribution >= 0.6 is 23.2 Å². The number of imidazole rings is 1. The molecule has 4 aliphatic rings. The Kier molecular flexibility index (Phi) is 6.21. The van der Waals surface area contributed by atoms with Crippen molar-refractivity contribution in [1.29, 1.82) is 0 Å². The smallest absolute Gasteiger partial charge is 0.338 e. The van der Waals surface area contributed by atoms with Gasteiger partial charge in [-0.2, -0.15) is 0 Å². The van der Waals surface area contributed by atoms with E-state index in [9.17, 15) is 9.59 Å². The first kappa shape index (κ1) is 27.4. The maximum Gasteiger partial charge on any atom is 0.338 e. The Morgan fingerprint density at radius 2 is 2.00 bits per heavy atom. The second-order valence-corrected chi connectivity index (χ2v) is 12.3. The minimum Gasteiger partial charge on any atom is -0.465 e. The lowest BCUT2D eigenvalue weighted by Gasteiger charge is -2.40. The van der Waals surface area contributed by atoms with Gasteiger partial charge in [0.05, 0.1) is 23.4 Å². The van der Waals surface area contributed by atoms with Gasteiger partial charge in [-0.15, -0.1) is 0 Å². The molecule has 2 aromatic carbocycles. The number of carbonyl (C=O) groups is 2. The molecule has 42 heavy (non-hydrogen) atoms. The number of likely N-dealkylation sites (tertiary alicyclic amines) is 1. The number of esters is 1. The van der Waals surface area contributed by atoms with Crippen LogP contribution < -0.4 is 5.32 Å². The molecule has 0 radical (unpaired) electrons. The highest BCUT2D eigenvalue weighted by atomic mass is 35.5. The van der Waals surface area contributed by atoms with Crippen molar-refractivity contribution in [1.82, 2.24) is 14.3 Å². The molecule has 216 valence electrons. The molecule has 7 nitrogen and oxygen atoms in total. The van der Waals surface area contributed by atoms with Crippen molar-refractivity contribution in [3.05, 3.63) is 98.7 Å². The Hall–Kier alpha value is -3.46. The van der Waals surface area contributed by atoms with Gasteiger partial charge in [0.15, 0.2) is 0 Å². The summed E-state index contributed by atoms with van der Waals surface area (Å²) in [5.41, 5.74) is 3.49. The molecule has 2 aliphatic carbocycles. The van der Waals surface area contributed by atoms with Crippen LogP contribution in [-0.4, -0.2) is 45.9 Å². The Bertz CT molecular complexity index is 1800. The Labute approximate surface area is 252 Å². The largest absolute Gasteiger partial charge is 0.465 e. The van der Waals surface area contributed by atoms with E-state index in [4.69, 9.17) is 32.9 Å². The number of anilines is 1. The highest BCUT2D eigenvalue weighted by Crippen LogP contribution is 2.65. The van der Waals surface area contributed by atoms with Crippen LogP contribution in [-0.2, 0) is 21.5 Å². The molecule has 10 heteroatoms. The second-order valence-electron chi connectivity index (χ2n) is 11.5.